The Morgan fingerprint density at radius 3 is 2.64 bits per heavy atom. The van der Waals surface area contributed by atoms with Gasteiger partial charge in [-0.05, 0) is 13.3 Å². The Bertz CT molecular complexity index is 193. The summed E-state index contributed by atoms with van der Waals surface area (Å²) >= 11 is 0. The van der Waals surface area contributed by atoms with Crippen molar-refractivity contribution in [2.24, 2.45) is 0 Å². The Morgan fingerprint density at radius 1 is 1.50 bits per heavy atom. The van der Waals surface area contributed by atoms with Gasteiger partial charge in [-0.25, -0.2) is 4.79 Å². The molecule has 14 heavy (non-hydrogen) atoms. The van der Waals surface area contributed by atoms with Gasteiger partial charge in [0.15, 0.2) is 6.10 Å². The average molecular weight is 203 g/mol. The number of carboxylic acids is 1. The van der Waals surface area contributed by atoms with Crippen molar-refractivity contribution in [1.29, 1.82) is 0 Å². The number of ether oxygens (including phenoxy) is 1. The maximum atomic E-state index is 11.0. The van der Waals surface area contributed by atoms with E-state index in [0.29, 0.717) is 6.54 Å². The minimum atomic E-state index is -1.06. The summed E-state index contributed by atoms with van der Waals surface area (Å²) in [4.78, 5) is 21.3. The zero-order valence-corrected chi connectivity index (χ0v) is 8.58. The van der Waals surface area contributed by atoms with Crippen LogP contribution < -0.4 is 5.32 Å². The zero-order chi connectivity index (χ0) is 11.0. The molecule has 0 aromatic carbocycles. The molecule has 0 radical (unpaired) electrons. The predicted octanol–water partition coefficient (Wildman–Crippen LogP) is 0.392. The third-order valence-corrected chi connectivity index (χ3v) is 1.66. The van der Waals surface area contributed by atoms with Gasteiger partial charge in [0.2, 0.25) is 5.91 Å². The summed E-state index contributed by atoms with van der Waals surface area (Å²) < 4.78 is 4.78. The van der Waals surface area contributed by atoms with Gasteiger partial charge >= 0.3 is 5.97 Å². The minimum Gasteiger partial charge on any atom is -0.479 e. The first-order valence-corrected chi connectivity index (χ1v) is 4.69. The van der Waals surface area contributed by atoms with Crippen molar-refractivity contribution in [2.75, 3.05) is 13.2 Å². The maximum Gasteiger partial charge on any atom is 0.332 e. The van der Waals surface area contributed by atoms with Crippen LogP contribution in [0.5, 0.6) is 0 Å². The Balaban J connectivity index is 3.48. The van der Waals surface area contributed by atoms with Gasteiger partial charge in [0.25, 0.3) is 0 Å². The van der Waals surface area contributed by atoms with Crippen LogP contribution in [0.1, 0.15) is 26.7 Å². The molecule has 1 unspecified atom stereocenters. The van der Waals surface area contributed by atoms with E-state index >= 15 is 0 Å². The van der Waals surface area contributed by atoms with E-state index in [1.807, 2.05) is 6.92 Å². The van der Waals surface area contributed by atoms with Gasteiger partial charge in [-0.15, -0.1) is 0 Å². The zero-order valence-electron chi connectivity index (χ0n) is 8.58. The molecule has 1 amide bonds. The number of hydrogen-bond donors (Lipinski definition) is 2. The highest BCUT2D eigenvalue weighted by molar-refractivity contribution is 5.78. The monoisotopic (exact) mass is 203 g/mol. The average Bonchev–Trinajstić information content (AvgIpc) is 2.14. The Labute approximate surface area is 83.4 Å². The molecule has 0 bridgehead atoms. The lowest BCUT2D eigenvalue weighted by atomic mass is 10.3. The first-order chi connectivity index (χ1) is 6.57. The van der Waals surface area contributed by atoms with Gasteiger partial charge in [0, 0.05) is 6.54 Å². The molecule has 0 aromatic heterocycles. The number of carbonyl (C=O) groups is 2. The van der Waals surface area contributed by atoms with Crippen LogP contribution in [-0.4, -0.2) is 36.2 Å². The van der Waals surface area contributed by atoms with E-state index in [-0.39, 0.29) is 12.5 Å². The molecule has 0 saturated heterocycles. The van der Waals surface area contributed by atoms with Crippen LogP contribution in [0.3, 0.4) is 0 Å². The van der Waals surface area contributed by atoms with Crippen LogP contribution in [0.4, 0.5) is 0 Å². The highest BCUT2D eigenvalue weighted by Crippen LogP contribution is 1.90. The van der Waals surface area contributed by atoms with Crippen molar-refractivity contribution in [3.05, 3.63) is 0 Å². The summed E-state index contributed by atoms with van der Waals surface area (Å²) in [6.45, 7) is 3.83. The molecule has 5 nitrogen and oxygen atoms in total. The summed E-state index contributed by atoms with van der Waals surface area (Å²) in [6, 6.07) is 0. The molecular formula is C9H17NO4. The van der Waals surface area contributed by atoms with Gasteiger partial charge in [-0.3, -0.25) is 4.79 Å². The standard InChI is InChI=1S/C9H17NO4/c1-3-4-5-10-8(11)6-14-7(2)9(12)13/h7H,3-6H2,1-2H3,(H,10,11)(H,12,13). The third-order valence-electron chi connectivity index (χ3n) is 1.66. The second-order valence-corrected chi connectivity index (χ2v) is 2.99. The van der Waals surface area contributed by atoms with Crippen LogP contribution in [0.2, 0.25) is 0 Å². The van der Waals surface area contributed by atoms with Gasteiger partial charge in [0.1, 0.15) is 6.61 Å². The fourth-order valence-corrected chi connectivity index (χ4v) is 0.728. The van der Waals surface area contributed by atoms with Crippen LogP contribution >= 0.6 is 0 Å². The van der Waals surface area contributed by atoms with Crippen molar-refractivity contribution < 1.29 is 19.4 Å². The van der Waals surface area contributed by atoms with E-state index in [1.54, 1.807) is 0 Å². The largest absolute Gasteiger partial charge is 0.479 e. The van der Waals surface area contributed by atoms with Crippen molar-refractivity contribution in [3.63, 3.8) is 0 Å². The number of rotatable bonds is 7. The van der Waals surface area contributed by atoms with Crippen molar-refractivity contribution >= 4 is 11.9 Å². The lowest BCUT2D eigenvalue weighted by molar-refractivity contribution is -0.150. The smallest absolute Gasteiger partial charge is 0.332 e. The fraction of sp³-hybridized carbons (Fsp3) is 0.778. The molecule has 0 saturated carbocycles. The number of carbonyl (C=O) groups excluding carboxylic acids is 1. The number of unbranched alkanes of at least 4 members (excludes halogenated alkanes) is 1. The van der Waals surface area contributed by atoms with E-state index in [4.69, 9.17) is 9.84 Å². The quantitative estimate of drug-likeness (QED) is 0.587. The number of amides is 1. The number of carboxylic acid groups (broad SMARTS) is 1. The number of hydrogen-bond acceptors (Lipinski definition) is 3. The molecule has 0 aliphatic carbocycles. The maximum absolute atomic E-state index is 11.0. The fourth-order valence-electron chi connectivity index (χ4n) is 0.728. The lowest BCUT2D eigenvalue weighted by Crippen LogP contribution is -2.31. The van der Waals surface area contributed by atoms with Gasteiger partial charge in [0.05, 0.1) is 0 Å². The van der Waals surface area contributed by atoms with Crippen LogP contribution in [0.15, 0.2) is 0 Å². The van der Waals surface area contributed by atoms with E-state index in [0.717, 1.165) is 12.8 Å². The van der Waals surface area contributed by atoms with Crippen molar-refractivity contribution in [3.8, 4) is 0 Å². The van der Waals surface area contributed by atoms with Crippen molar-refractivity contribution in [1.82, 2.24) is 5.32 Å². The van der Waals surface area contributed by atoms with Crippen LogP contribution in [0, 0.1) is 0 Å². The molecule has 0 aliphatic rings. The minimum absolute atomic E-state index is 0.197. The van der Waals surface area contributed by atoms with Gasteiger partial charge in [-0.2, -0.15) is 0 Å². The normalized spacial score (nSPS) is 12.1. The van der Waals surface area contributed by atoms with Gasteiger partial charge in [-0.1, -0.05) is 13.3 Å². The molecule has 0 rings (SSSR count). The van der Waals surface area contributed by atoms with E-state index in [2.05, 4.69) is 5.32 Å². The first-order valence-electron chi connectivity index (χ1n) is 4.69. The van der Waals surface area contributed by atoms with Crippen molar-refractivity contribution in [2.45, 2.75) is 32.8 Å². The van der Waals surface area contributed by atoms with Crippen LogP contribution in [0.25, 0.3) is 0 Å². The van der Waals surface area contributed by atoms with E-state index in [1.165, 1.54) is 6.92 Å². The lowest BCUT2D eigenvalue weighted by Gasteiger charge is -2.08. The molecule has 0 aliphatic heterocycles. The molecule has 82 valence electrons. The number of nitrogens with one attached hydrogen (secondary N) is 1. The molecule has 0 heterocycles. The molecule has 1 atom stereocenters. The SMILES string of the molecule is CCCCNC(=O)COC(C)C(=O)O. The molecule has 0 fully saturated rings. The van der Waals surface area contributed by atoms with Gasteiger partial charge < -0.3 is 15.2 Å². The second-order valence-electron chi connectivity index (χ2n) is 2.99. The molecule has 0 aromatic rings. The number of aliphatic carboxylic acids is 1. The Hall–Kier alpha value is -1.10. The highest BCUT2D eigenvalue weighted by Gasteiger charge is 2.12. The summed E-state index contributed by atoms with van der Waals surface area (Å²) in [5.41, 5.74) is 0. The first kappa shape index (κ1) is 12.9. The Kier molecular flexibility index (Phi) is 6.74. The highest BCUT2D eigenvalue weighted by atomic mass is 16.5. The third kappa shape index (κ3) is 6.42. The summed E-state index contributed by atoms with van der Waals surface area (Å²) in [5.74, 6) is -1.34. The summed E-state index contributed by atoms with van der Waals surface area (Å²) in [7, 11) is 0. The molecule has 2 N–H and O–H groups in total. The van der Waals surface area contributed by atoms with E-state index in [9.17, 15) is 9.59 Å². The molecular weight excluding hydrogens is 186 g/mol. The van der Waals surface area contributed by atoms with E-state index < -0.39 is 12.1 Å². The molecule has 0 spiro atoms. The topological polar surface area (TPSA) is 75.6 Å². The second kappa shape index (κ2) is 7.32. The summed E-state index contributed by atoms with van der Waals surface area (Å²) in [5, 5.41) is 11.1. The Morgan fingerprint density at radius 2 is 2.14 bits per heavy atom. The van der Waals surface area contributed by atoms with Crippen LogP contribution in [-0.2, 0) is 14.3 Å². The molecule has 5 heteroatoms. The summed E-state index contributed by atoms with van der Waals surface area (Å²) in [6.07, 6.45) is 0.985. The predicted molar refractivity (Wildman–Crippen MR) is 51.0 cm³/mol.